The maximum atomic E-state index is 12.6. The molecule has 0 radical (unpaired) electrons. The molecule has 27 heavy (non-hydrogen) atoms. The molecule has 2 unspecified atom stereocenters. The van der Waals surface area contributed by atoms with Crippen molar-refractivity contribution in [2.24, 2.45) is 0 Å². The summed E-state index contributed by atoms with van der Waals surface area (Å²) in [5, 5.41) is 3.75. The number of hydrogen-bond acceptors (Lipinski definition) is 5. The van der Waals surface area contributed by atoms with Crippen molar-refractivity contribution in [2.75, 3.05) is 39.6 Å². The highest BCUT2D eigenvalue weighted by Gasteiger charge is 2.25. The topological polar surface area (TPSA) is 50.8 Å². The first-order chi connectivity index (χ1) is 13.1. The van der Waals surface area contributed by atoms with Crippen molar-refractivity contribution in [3.63, 3.8) is 0 Å². The Morgan fingerprint density at radius 2 is 2.07 bits per heavy atom. The third-order valence-electron chi connectivity index (χ3n) is 5.15. The van der Waals surface area contributed by atoms with Gasteiger partial charge >= 0.3 is 0 Å². The van der Waals surface area contributed by atoms with Crippen LogP contribution in [0.4, 0.5) is 0 Å². The molecule has 0 bridgehead atoms. The maximum absolute atomic E-state index is 12.6. The third kappa shape index (κ3) is 6.61. The van der Waals surface area contributed by atoms with Crippen molar-refractivity contribution in [3.8, 4) is 11.5 Å². The molecule has 1 heterocycles. The summed E-state index contributed by atoms with van der Waals surface area (Å²) in [6.45, 7) is 6.91. The van der Waals surface area contributed by atoms with Crippen LogP contribution in [0.25, 0.3) is 0 Å². The Bertz CT molecular complexity index is 597. The lowest BCUT2D eigenvalue weighted by molar-refractivity contribution is -0.125. The van der Waals surface area contributed by atoms with Crippen molar-refractivity contribution in [3.05, 3.63) is 23.8 Å². The largest absolute Gasteiger partial charge is 0.493 e. The Kier molecular flexibility index (Phi) is 9.28. The molecular formula is C21H34N2O3S. The number of methoxy groups -OCH3 is 2. The Morgan fingerprint density at radius 3 is 2.78 bits per heavy atom. The van der Waals surface area contributed by atoms with E-state index in [0.29, 0.717) is 11.8 Å². The number of carbonyl (C=O) groups is 1. The predicted octanol–water partition coefficient (Wildman–Crippen LogP) is 3.36. The van der Waals surface area contributed by atoms with E-state index in [4.69, 9.17) is 9.47 Å². The van der Waals surface area contributed by atoms with E-state index in [9.17, 15) is 4.79 Å². The molecule has 6 heteroatoms. The number of nitrogens with one attached hydrogen (secondary N) is 1. The summed E-state index contributed by atoms with van der Waals surface area (Å²) in [5.74, 6) is 2.71. The summed E-state index contributed by atoms with van der Waals surface area (Å²) >= 11 is 2.02. The van der Waals surface area contributed by atoms with Gasteiger partial charge in [0.25, 0.3) is 0 Å². The molecule has 1 aliphatic heterocycles. The molecule has 0 spiro atoms. The van der Waals surface area contributed by atoms with Crippen molar-refractivity contribution in [1.29, 1.82) is 0 Å². The smallest absolute Gasteiger partial charge is 0.237 e. The first-order valence-corrected chi connectivity index (χ1v) is 11.0. The molecule has 2 atom stereocenters. The standard InChI is InChI=1S/C21H34N2O3S/c1-5-27-18-8-6-7-13-23(15-18)16(2)21(24)22-12-11-17-9-10-19(25-3)20(14-17)26-4/h9-10,14,16,18H,5-8,11-13,15H2,1-4H3,(H,22,24). The van der Waals surface area contributed by atoms with E-state index >= 15 is 0 Å². The van der Waals surface area contributed by atoms with Crippen LogP contribution in [0.1, 0.15) is 38.7 Å². The van der Waals surface area contributed by atoms with Gasteiger partial charge in [0.2, 0.25) is 5.91 Å². The monoisotopic (exact) mass is 394 g/mol. The van der Waals surface area contributed by atoms with E-state index < -0.39 is 0 Å². The molecule has 0 saturated carbocycles. The molecule has 1 amide bonds. The van der Waals surface area contributed by atoms with Crippen LogP contribution in [-0.4, -0.2) is 61.7 Å². The first kappa shape index (κ1) is 21.9. The third-order valence-corrected chi connectivity index (χ3v) is 6.34. The number of nitrogens with zero attached hydrogens (tertiary/aromatic N) is 1. The van der Waals surface area contributed by atoms with Gasteiger partial charge in [0.15, 0.2) is 11.5 Å². The van der Waals surface area contributed by atoms with Crippen molar-refractivity contribution < 1.29 is 14.3 Å². The highest BCUT2D eigenvalue weighted by atomic mass is 32.2. The molecule has 0 aromatic heterocycles. The van der Waals surface area contributed by atoms with Crippen LogP contribution in [0.3, 0.4) is 0 Å². The lowest BCUT2D eigenvalue weighted by Gasteiger charge is -2.29. The van der Waals surface area contributed by atoms with Gasteiger partial charge < -0.3 is 14.8 Å². The van der Waals surface area contributed by atoms with Gasteiger partial charge in [-0.3, -0.25) is 9.69 Å². The zero-order chi connectivity index (χ0) is 19.6. The van der Waals surface area contributed by atoms with Crippen LogP contribution in [0.2, 0.25) is 0 Å². The first-order valence-electron chi connectivity index (χ1n) is 9.93. The van der Waals surface area contributed by atoms with E-state index in [2.05, 4.69) is 17.1 Å². The molecule has 152 valence electrons. The number of thioether (sulfide) groups is 1. The Hall–Kier alpha value is -1.40. The number of benzene rings is 1. The summed E-state index contributed by atoms with van der Waals surface area (Å²) in [6, 6.07) is 5.81. The second-order valence-corrected chi connectivity index (χ2v) is 8.55. The Morgan fingerprint density at radius 1 is 1.30 bits per heavy atom. The predicted molar refractivity (Wildman–Crippen MR) is 113 cm³/mol. The van der Waals surface area contributed by atoms with Gasteiger partial charge in [0, 0.05) is 18.3 Å². The second-order valence-electron chi connectivity index (χ2n) is 6.97. The van der Waals surface area contributed by atoms with Crippen molar-refractivity contribution in [1.82, 2.24) is 10.2 Å². The number of amides is 1. The van der Waals surface area contributed by atoms with Crippen LogP contribution in [0.5, 0.6) is 11.5 Å². The average molecular weight is 395 g/mol. The molecule has 5 nitrogen and oxygen atoms in total. The van der Waals surface area contributed by atoms with Crippen molar-refractivity contribution in [2.45, 2.75) is 50.8 Å². The Balaban J connectivity index is 1.83. The lowest BCUT2D eigenvalue weighted by Crippen LogP contribution is -2.47. The summed E-state index contributed by atoms with van der Waals surface area (Å²) in [6.07, 6.45) is 4.49. The van der Waals surface area contributed by atoms with E-state index in [-0.39, 0.29) is 11.9 Å². The summed E-state index contributed by atoms with van der Waals surface area (Å²) in [7, 11) is 3.27. The molecule has 1 fully saturated rings. The highest BCUT2D eigenvalue weighted by molar-refractivity contribution is 7.99. The Labute approximate surface area is 168 Å². The average Bonchev–Trinajstić information content (AvgIpc) is 2.93. The van der Waals surface area contributed by atoms with Crippen molar-refractivity contribution >= 4 is 17.7 Å². The molecule has 0 aliphatic carbocycles. The minimum Gasteiger partial charge on any atom is -0.493 e. The molecule has 1 saturated heterocycles. The number of rotatable bonds is 9. The number of ether oxygens (including phenoxy) is 2. The van der Waals surface area contributed by atoms with Gasteiger partial charge in [0.05, 0.1) is 20.3 Å². The van der Waals surface area contributed by atoms with Crippen LogP contribution < -0.4 is 14.8 Å². The molecule has 1 aliphatic rings. The van der Waals surface area contributed by atoms with E-state index in [1.54, 1.807) is 14.2 Å². The maximum Gasteiger partial charge on any atom is 0.237 e. The molecule has 1 aromatic rings. The van der Waals surface area contributed by atoms with Crippen LogP contribution in [0, 0.1) is 0 Å². The van der Waals surface area contributed by atoms with E-state index in [1.807, 2.05) is 36.9 Å². The van der Waals surface area contributed by atoms with Gasteiger partial charge in [-0.2, -0.15) is 11.8 Å². The zero-order valence-electron chi connectivity index (χ0n) is 17.1. The van der Waals surface area contributed by atoms with Gasteiger partial charge in [0.1, 0.15) is 0 Å². The zero-order valence-corrected chi connectivity index (χ0v) is 17.9. The number of hydrogen-bond donors (Lipinski definition) is 1. The SMILES string of the molecule is CCSC1CCCCN(C(C)C(=O)NCCc2ccc(OC)c(OC)c2)C1. The summed E-state index contributed by atoms with van der Waals surface area (Å²) in [5.41, 5.74) is 1.12. The fraction of sp³-hybridized carbons (Fsp3) is 0.667. The number of carbonyl (C=O) groups excluding carboxylic acids is 1. The van der Waals surface area contributed by atoms with Crippen LogP contribution >= 0.6 is 11.8 Å². The molecule has 2 rings (SSSR count). The van der Waals surface area contributed by atoms with E-state index in [1.165, 1.54) is 19.3 Å². The number of likely N-dealkylation sites (tertiary alicyclic amines) is 1. The quantitative estimate of drug-likeness (QED) is 0.696. The molecule has 1 N–H and O–H groups in total. The molecule has 1 aromatic carbocycles. The summed E-state index contributed by atoms with van der Waals surface area (Å²) < 4.78 is 10.6. The highest BCUT2D eigenvalue weighted by Crippen LogP contribution is 2.27. The van der Waals surface area contributed by atoms with Crippen LogP contribution in [-0.2, 0) is 11.2 Å². The van der Waals surface area contributed by atoms with Gasteiger partial charge in [-0.15, -0.1) is 0 Å². The summed E-state index contributed by atoms with van der Waals surface area (Å²) in [4.78, 5) is 15.0. The molecular weight excluding hydrogens is 360 g/mol. The normalized spacial score (nSPS) is 19.2. The fourth-order valence-corrected chi connectivity index (χ4v) is 4.64. The minimum absolute atomic E-state index is 0.0755. The van der Waals surface area contributed by atoms with E-state index in [0.717, 1.165) is 42.3 Å². The van der Waals surface area contributed by atoms with Gasteiger partial charge in [-0.25, -0.2) is 0 Å². The van der Waals surface area contributed by atoms with Gasteiger partial charge in [-0.05, 0) is 56.2 Å². The van der Waals surface area contributed by atoms with Gasteiger partial charge in [-0.1, -0.05) is 19.4 Å². The fourth-order valence-electron chi connectivity index (χ4n) is 3.53. The lowest BCUT2D eigenvalue weighted by atomic mass is 10.1. The minimum atomic E-state index is -0.0755. The van der Waals surface area contributed by atoms with Crippen LogP contribution in [0.15, 0.2) is 18.2 Å². The second kappa shape index (κ2) is 11.4.